The van der Waals surface area contributed by atoms with Crippen LogP contribution in [0.25, 0.3) is 22.3 Å². The number of benzene rings is 1. The van der Waals surface area contributed by atoms with Crippen LogP contribution < -0.4 is 0 Å². The van der Waals surface area contributed by atoms with Crippen molar-refractivity contribution in [2.24, 2.45) is 0 Å². The summed E-state index contributed by atoms with van der Waals surface area (Å²) in [6.07, 6.45) is 2.95. The van der Waals surface area contributed by atoms with E-state index in [0.29, 0.717) is 6.42 Å². The molecule has 1 aromatic carbocycles. The van der Waals surface area contributed by atoms with Crippen LogP contribution in [-0.2, 0) is 6.42 Å². The second kappa shape index (κ2) is 4.82. The Morgan fingerprint density at radius 2 is 2.32 bits per heavy atom. The van der Waals surface area contributed by atoms with Crippen LogP contribution in [0.5, 0.6) is 0 Å². The summed E-state index contributed by atoms with van der Waals surface area (Å²) in [6.45, 7) is 2.07. The van der Waals surface area contributed by atoms with Gasteiger partial charge in [0.15, 0.2) is 0 Å². The number of nitrogens with one attached hydrogen (secondary N) is 1. The topological polar surface area (TPSA) is 65.4 Å². The van der Waals surface area contributed by atoms with E-state index in [0.717, 1.165) is 33.7 Å². The Balaban J connectivity index is 2.00. The van der Waals surface area contributed by atoms with Gasteiger partial charge < -0.3 is 4.98 Å². The first kappa shape index (κ1) is 11.9. The van der Waals surface area contributed by atoms with Crippen LogP contribution in [-0.4, -0.2) is 15.0 Å². The van der Waals surface area contributed by atoms with Gasteiger partial charge in [0.25, 0.3) is 0 Å². The van der Waals surface area contributed by atoms with Crippen LogP contribution in [0.4, 0.5) is 0 Å². The molecular formula is C14H12N4S. The lowest BCUT2D eigenvalue weighted by molar-refractivity contribution is 0.990. The fourth-order valence-electron chi connectivity index (χ4n) is 2.07. The molecule has 0 bridgehead atoms. The van der Waals surface area contributed by atoms with Gasteiger partial charge in [-0.25, -0.2) is 9.97 Å². The highest BCUT2D eigenvalue weighted by Crippen LogP contribution is 2.29. The number of nitriles is 1. The lowest BCUT2D eigenvalue weighted by atomic mass is 10.1. The average molecular weight is 268 g/mol. The second-order valence-corrected chi connectivity index (χ2v) is 5.59. The molecule has 2 heterocycles. The van der Waals surface area contributed by atoms with E-state index in [1.807, 2.05) is 12.1 Å². The van der Waals surface area contributed by atoms with Crippen LogP contribution in [0, 0.1) is 18.3 Å². The van der Waals surface area contributed by atoms with Crippen molar-refractivity contribution in [3.8, 4) is 17.3 Å². The summed E-state index contributed by atoms with van der Waals surface area (Å²) in [6, 6.07) is 8.26. The molecule has 1 N–H and O–H groups in total. The Labute approximate surface area is 114 Å². The highest BCUT2D eigenvalue weighted by atomic mass is 32.1. The number of thiazole rings is 1. The van der Waals surface area contributed by atoms with Crippen molar-refractivity contribution >= 4 is 22.4 Å². The van der Waals surface area contributed by atoms with Gasteiger partial charge in [-0.05, 0) is 19.1 Å². The van der Waals surface area contributed by atoms with E-state index in [1.54, 1.807) is 17.7 Å². The van der Waals surface area contributed by atoms with Gasteiger partial charge in [-0.15, -0.1) is 11.3 Å². The smallest absolute Gasteiger partial charge is 0.0945 e. The molecule has 0 aliphatic carbocycles. The maximum Gasteiger partial charge on any atom is 0.0945 e. The number of aromatic amines is 1. The largest absolute Gasteiger partial charge is 0.345 e. The van der Waals surface area contributed by atoms with Crippen LogP contribution >= 0.6 is 11.3 Å². The molecule has 94 valence electrons. The van der Waals surface area contributed by atoms with Gasteiger partial charge in [-0.2, -0.15) is 5.26 Å². The first-order valence-electron chi connectivity index (χ1n) is 6.04. The maximum absolute atomic E-state index is 8.63. The van der Waals surface area contributed by atoms with Gasteiger partial charge in [0.1, 0.15) is 0 Å². The number of aryl methyl sites for hydroxylation is 2. The molecule has 0 unspecified atom stereocenters. The summed E-state index contributed by atoms with van der Waals surface area (Å²) in [5.74, 6) is 0. The summed E-state index contributed by atoms with van der Waals surface area (Å²) in [5.41, 5.74) is 4.08. The summed E-state index contributed by atoms with van der Waals surface area (Å²) in [4.78, 5) is 13.2. The number of hydrogen-bond donors (Lipinski definition) is 1. The Morgan fingerprint density at radius 3 is 3.16 bits per heavy atom. The molecular weight excluding hydrogens is 256 g/mol. The molecule has 4 nitrogen and oxygen atoms in total. The maximum atomic E-state index is 8.63. The number of imidazole rings is 1. The van der Waals surface area contributed by atoms with Crippen molar-refractivity contribution in [3.05, 3.63) is 34.4 Å². The first-order valence-corrected chi connectivity index (χ1v) is 6.86. The summed E-state index contributed by atoms with van der Waals surface area (Å²) < 4.78 is 0. The van der Waals surface area contributed by atoms with Crippen molar-refractivity contribution in [2.45, 2.75) is 19.8 Å². The van der Waals surface area contributed by atoms with Gasteiger partial charge in [0, 0.05) is 23.3 Å². The first-order chi connectivity index (χ1) is 9.28. The number of aromatic nitrogens is 3. The van der Waals surface area contributed by atoms with E-state index < -0.39 is 0 Å². The van der Waals surface area contributed by atoms with Crippen molar-refractivity contribution < 1.29 is 0 Å². The van der Waals surface area contributed by atoms with E-state index in [1.165, 1.54) is 4.88 Å². The molecule has 0 aliphatic rings. The highest BCUT2D eigenvalue weighted by Gasteiger charge is 2.10. The van der Waals surface area contributed by atoms with E-state index in [9.17, 15) is 0 Å². The van der Waals surface area contributed by atoms with Crippen LogP contribution in [0.15, 0.2) is 24.5 Å². The fraction of sp³-hybridized carbons (Fsp3) is 0.214. The minimum Gasteiger partial charge on any atom is -0.345 e. The molecule has 3 aromatic rings. The van der Waals surface area contributed by atoms with Crippen LogP contribution in [0.2, 0.25) is 0 Å². The molecule has 0 saturated carbocycles. The molecule has 0 radical (unpaired) electrons. The number of hydrogen-bond acceptors (Lipinski definition) is 4. The van der Waals surface area contributed by atoms with Crippen molar-refractivity contribution in [1.29, 1.82) is 5.26 Å². The molecule has 0 spiro atoms. The minimum atomic E-state index is 0.520. The average Bonchev–Trinajstić information content (AvgIpc) is 3.01. The highest BCUT2D eigenvalue weighted by molar-refractivity contribution is 7.12. The Kier molecular flexibility index (Phi) is 3.02. The van der Waals surface area contributed by atoms with Gasteiger partial charge in [0.05, 0.1) is 34.1 Å². The van der Waals surface area contributed by atoms with Gasteiger partial charge >= 0.3 is 0 Å². The van der Waals surface area contributed by atoms with E-state index in [-0.39, 0.29) is 0 Å². The van der Waals surface area contributed by atoms with E-state index in [4.69, 9.17) is 5.26 Å². The Morgan fingerprint density at radius 1 is 1.42 bits per heavy atom. The zero-order valence-corrected chi connectivity index (χ0v) is 11.3. The third kappa shape index (κ3) is 2.23. The monoisotopic (exact) mass is 268 g/mol. The second-order valence-electron chi connectivity index (χ2n) is 4.30. The molecule has 0 fully saturated rings. The molecule has 0 aliphatic heterocycles. The van der Waals surface area contributed by atoms with Crippen LogP contribution in [0.1, 0.15) is 16.3 Å². The van der Waals surface area contributed by atoms with Crippen molar-refractivity contribution in [2.75, 3.05) is 0 Å². The fourth-order valence-corrected chi connectivity index (χ4v) is 3.03. The zero-order chi connectivity index (χ0) is 13.2. The normalized spacial score (nSPS) is 10.7. The molecule has 0 amide bonds. The van der Waals surface area contributed by atoms with E-state index >= 15 is 0 Å². The van der Waals surface area contributed by atoms with Gasteiger partial charge in [0.2, 0.25) is 0 Å². The third-order valence-electron chi connectivity index (χ3n) is 2.99. The zero-order valence-electron chi connectivity index (χ0n) is 10.5. The number of H-pyrrole nitrogens is 1. The van der Waals surface area contributed by atoms with Crippen molar-refractivity contribution in [1.82, 2.24) is 15.0 Å². The summed E-state index contributed by atoms with van der Waals surface area (Å²) in [7, 11) is 0. The molecule has 0 atom stereocenters. The number of rotatable bonds is 3. The molecule has 5 heteroatoms. The molecule has 2 aromatic heterocycles. The summed E-state index contributed by atoms with van der Waals surface area (Å²) >= 11 is 1.67. The molecule has 3 rings (SSSR count). The van der Waals surface area contributed by atoms with Gasteiger partial charge in [-0.1, -0.05) is 6.07 Å². The summed E-state index contributed by atoms with van der Waals surface area (Å²) in [5, 5.41) is 9.66. The Hall–Kier alpha value is -2.19. The number of fused-ring (bicyclic) bond motifs is 1. The predicted octanol–water partition coefficient (Wildman–Crippen LogP) is 3.45. The number of nitrogens with zero attached hydrogens (tertiary/aromatic N) is 3. The SMILES string of the molecule is Cc1sc(CCC#N)nc1-c1ccc2nc[nH]c2c1. The Bertz CT molecular complexity index is 763. The van der Waals surface area contributed by atoms with Crippen molar-refractivity contribution in [3.63, 3.8) is 0 Å². The van der Waals surface area contributed by atoms with Gasteiger partial charge in [-0.3, -0.25) is 0 Å². The third-order valence-corrected chi connectivity index (χ3v) is 4.02. The molecule has 0 saturated heterocycles. The molecule has 19 heavy (non-hydrogen) atoms. The van der Waals surface area contributed by atoms with Crippen LogP contribution in [0.3, 0.4) is 0 Å². The van der Waals surface area contributed by atoms with E-state index in [2.05, 4.69) is 34.0 Å². The quantitative estimate of drug-likeness (QED) is 0.791. The standard InChI is InChI=1S/C14H12N4S/c1-9-14(18-13(19-9)3-2-6-15)10-4-5-11-12(7-10)17-8-16-11/h4-5,7-8H,2-3H2,1H3,(H,16,17). The lowest BCUT2D eigenvalue weighted by Gasteiger charge is -1.98. The predicted molar refractivity (Wildman–Crippen MR) is 75.9 cm³/mol. The minimum absolute atomic E-state index is 0.520. The lowest BCUT2D eigenvalue weighted by Crippen LogP contribution is -1.84.